The highest BCUT2D eigenvalue weighted by Crippen LogP contribution is 2.30. The lowest BCUT2D eigenvalue weighted by molar-refractivity contribution is 0.186. The van der Waals surface area contributed by atoms with Crippen LogP contribution in [-0.4, -0.2) is 82.8 Å². The molecule has 3 aliphatic heterocycles. The van der Waals surface area contributed by atoms with Crippen LogP contribution in [0.25, 0.3) is 16.8 Å². The number of hydrogen-bond acceptors (Lipinski definition) is 6. The van der Waals surface area contributed by atoms with E-state index in [-0.39, 0.29) is 0 Å². The fraction of sp³-hybridized carbons (Fsp3) is 0.419. The minimum Gasteiger partial charge on any atom is -0.384 e. The van der Waals surface area contributed by atoms with Gasteiger partial charge in [-0.3, -0.25) is 4.98 Å². The van der Waals surface area contributed by atoms with Crippen molar-refractivity contribution in [3.8, 4) is 11.1 Å². The Morgan fingerprint density at radius 1 is 1.00 bits per heavy atom. The molecule has 0 saturated carbocycles. The molecular formula is C31H41N7. The molecule has 1 unspecified atom stereocenters. The van der Waals surface area contributed by atoms with Crippen LogP contribution in [0.1, 0.15) is 37.1 Å². The number of allylic oxidation sites excluding steroid dienone is 1. The maximum Gasteiger partial charge on any atom is 0.133 e. The molecule has 0 aliphatic carbocycles. The van der Waals surface area contributed by atoms with E-state index >= 15 is 0 Å². The number of piperazine rings is 1. The van der Waals surface area contributed by atoms with E-state index in [0.29, 0.717) is 11.9 Å². The van der Waals surface area contributed by atoms with Crippen molar-refractivity contribution in [2.75, 3.05) is 46.3 Å². The lowest BCUT2D eigenvalue weighted by Crippen LogP contribution is -2.45. The number of likely N-dealkylation sites (N-methyl/N-ethyl adjacent to an activating group) is 1. The quantitative estimate of drug-likeness (QED) is 0.464. The van der Waals surface area contributed by atoms with Gasteiger partial charge in [0.05, 0.1) is 11.4 Å². The van der Waals surface area contributed by atoms with E-state index in [1.54, 1.807) is 0 Å². The lowest BCUT2D eigenvalue weighted by atomic mass is 9.91. The molecule has 38 heavy (non-hydrogen) atoms. The van der Waals surface area contributed by atoms with E-state index in [1.807, 2.05) is 6.20 Å². The number of amidine groups is 1. The number of aliphatic imine (C=N–C) groups is 1. The van der Waals surface area contributed by atoms with Gasteiger partial charge in [-0.2, -0.15) is 0 Å². The zero-order chi connectivity index (χ0) is 26.8. The maximum atomic E-state index is 6.00. The van der Waals surface area contributed by atoms with Crippen molar-refractivity contribution in [3.05, 3.63) is 84.1 Å². The first-order valence-corrected chi connectivity index (χ1v) is 13.7. The Kier molecular flexibility index (Phi) is 7.56. The molecule has 2 saturated heterocycles. The first-order chi connectivity index (χ1) is 18.3. The Morgan fingerprint density at radius 2 is 1.74 bits per heavy atom. The summed E-state index contributed by atoms with van der Waals surface area (Å²) in [7, 11) is 2.18. The predicted molar refractivity (Wildman–Crippen MR) is 157 cm³/mol. The van der Waals surface area contributed by atoms with Gasteiger partial charge in [-0.25, -0.2) is 4.99 Å². The van der Waals surface area contributed by atoms with Gasteiger partial charge >= 0.3 is 0 Å². The second-order valence-corrected chi connectivity index (χ2v) is 10.9. The van der Waals surface area contributed by atoms with Crippen LogP contribution in [-0.2, 0) is 13.0 Å². The third kappa shape index (κ3) is 5.63. The summed E-state index contributed by atoms with van der Waals surface area (Å²) in [6.07, 6.45) is 6.35. The minimum atomic E-state index is 0.302. The van der Waals surface area contributed by atoms with Gasteiger partial charge in [0, 0.05) is 69.3 Å². The number of hydrogen-bond donors (Lipinski definition) is 1. The van der Waals surface area contributed by atoms with E-state index in [4.69, 9.17) is 15.7 Å². The highest BCUT2D eigenvalue weighted by Gasteiger charge is 2.26. The monoisotopic (exact) mass is 511 g/mol. The smallest absolute Gasteiger partial charge is 0.133 e. The summed E-state index contributed by atoms with van der Waals surface area (Å²) >= 11 is 0. The van der Waals surface area contributed by atoms with Crippen LogP contribution in [0.4, 0.5) is 0 Å². The van der Waals surface area contributed by atoms with Crippen molar-refractivity contribution >= 4 is 11.5 Å². The first-order valence-electron chi connectivity index (χ1n) is 13.7. The highest BCUT2D eigenvalue weighted by molar-refractivity contribution is 5.94. The molecular weight excluding hydrogens is 470 g/mol. The molecule has 0 radical (unpaired) electrons. The third-order valence-corrected chi connectivity index (χ3v) is 8.12. The molecule has 5 rings (SSSR count). The SMILES string of the molecule is C=C(N)/N=C(\C=C(/C)N1CCN(C)CC1)N1Cc2cc(-c3ccc(C(=C)N4CCC4)nc3)ccc2CC1C. The van der Waals surface area contributed by atoms with Crippen molar-refractivity contribution in [1.29, 1.82) is 0 Å². The summed E-state index contributed by atoms with van der Waals surface area (Å²) < 4.78 is 0. The Balaban J connectivity index is 1.37. The van der Waals surface area contributed by atoms with Gasteiger partial charge in [-0.15, -0.1) is 0 Å². The van der Waals surface area contributed by atoms with Gasteiger partial charge in [-0.05, 0) is 68.6 Å². The summed E-state index contributed by atoms with van der Waals surface area (Å²) in [4.78, 5) is 18.9. The Bertz CT molecular complexity index is 1250. The van der Waals surface area contributed by atoms with Crippen LogP contribution in [0.2, 0.25) is 0 Å². The second kappa shape index (κ2) is 11.0. The highest BCUT2D eigenvalue weighted by atomic mass is 15.3. The molecule has 7 nitrogen and oxygen atoms in total. The van der Waals surface area contributed by atoms with Gasteiger partial charge < -0.3 is 25.3 Å². The average molecular weight is 512 g/mol. The maximum absolute atomic E-state index is 6.00. The van der Waals surface area contributed by atoms with E-state index in [9.17, 15) is 0 Å². The molecule has 2 fully saturated rings. The van der Waals surface area contributed by atoms with Crippen LogP contribution in [0.3, 0.4) is 0 Å². The molecule has 3 aliphatic rings. The Morgan fingerprint density at radius 3 is 2.37 bits per heavy atom. The number of fused-ring (bicyclic) bond motifs is 1. The van der Waals surface area contributed by atoms with Crippen LogP contribution in [0.15, 0.2) is 72.3 Å². The number of benzene rings is 1. The molecule has 0 amide bonds. The van der Waals surface area contributed by atoms with Crippen LogP contribution in [0, 0.1) is 0 Å². The predicted octanol–water partition coefficient (Wildman–Crippen LogP) is 4.15. The molecule has 200 valence electrons. The number of pyridine rings is 1. The zero-order valence-corrected chi connectivity index (χ0v) is 23.2. The number of aromatic nitrogens is 1. The minimum absolute atomic E-state index is 0.302. The van der Waals surface area contributed by atoms with Gasteiger partial charge in [-0.1, -0.05) is 31.4 Å². The zero-order valence-electron chi connectivity index (χ0n) is 23.2. The summed E-state index contributed by atoms with van der Waals surface area (Å²) in [5, 5.41) is 0. The van der Waals surface area contributed by atoms with Crippen molar-refractivity contribution in [1.82, 2.24) is 24.6 Å². The second-order valence-electron chi connectivity index (χ2n) is 10.9. The van der Waals surface area contributed by atoms with Crippen LogP contribution >= 0.6 is 0 Å². The van der Waals surface area contributed by atoms with Crippen molar-refractivity contribution < 1.29 is 0 Å². The average Bonchev–Trinajstić information content (AvgIpc) is 2.87. The molecule has 4 heterocycles. The summed E-state index contributed by atoms with van der Waals surface area (Å²) in [6, 6.07) is 11.3. The van der Waals surface area contributed by atoms with Crippen molar-refractivity contribution in [3.63, 3.8) is 0 Å². The summed E-state index contributed by atoms with van der Waals surface area (Å²) in [6.45, 7) is 19.7. The fourth-order valence-corrected chi connectivity index (χ4v) is 5.47. The van der Waals surface area contributed by atoms with Gasteiger partial charge in [0.2, 0.25) is 0 Å². The molecule has 1 atom stereocenters. The topological polar surface area (TPSA) is 64.2 Å². The van der Waals surface area contributed by atoms with Gasteiger partial charge in [0.15, 0.2) is 0 Å². The first kappa shape index (κ1) is 26.0. The molecule has 1 aromatic carbocycles. The Hall–Kier alpha value is -3.58. The molecule has 1 aromatic heterocycles. The van der Waals surface area contributed by atoms with E-state index in [1.165, 1.54) is 28.8 Å². The van der Waals surface area contributed by atoms with Crippen molar-refractivity contribution in [2.45, 2.75) is 39.3 Å². The van der Waals surface area contributed by atoms with E-state index < -0.39 is 0 Å². The molecule has 0 bridgehead atoms. The van der Waals surface area contributed by atoms with E-state index in [0.717, 1.165) is 75.0 Å². The van der Waals surface area contributed by atoms with Gasteiger partial charge in [0.1, 0.15) is 11.7 Å². The number of nitrogens with zero attached hydrogens (tertiary/aromatic N) is 6. The fourth-order valence-electron chi connectivity index (χ4n) is 5.47. The molecule has 2 aromatic rings. The summed E-state index contributed by atoms with van der Waals surface area (Å²) in [5.41, 5.74) is 14.2. The normalized spacial score (nSPS) is 20.7. The van der Waals surface area contributed by atoms with Crippen molar-refractivity contribution in [2.24, 2.45) is 10.7 Å². The lowest BCUT2D eigenvalue weighted by Gasteiger charge is -2.38. The van der Waals surface area contributed by atoms with Crippen LogP contribution in [0.5, 0.6) is 0 Å². The molecule has 7 heteroatoms. The van der Waals surface area contributed by atoms with E-state index in [2.05, 4.69) is 90.1 Å². The van der Waals surface area contributed by atoms with Gasteiger partial charge in [0.25, 0.3) is 0 Å². The number of rotatable bonds is 6. The third-order valence-electron chi connectivity index (χ3n) is 8.12. The Labute approximate surface area is 227 Å². The largest absolute Gasteiger partial charge is 0.384 e. The molecule has 0 spiro atoms. The molecule has 2 N–H and O–H groups in total. The number of likely N-dealkylation sites (tertiary alicyclic amines) is 1. The number of nitrogens with two attached hydrogens (primary N) is 1. The van der Waals surface area contributed by atoms with Crippen LogP contribution < -0.4 is 5.73 Å². The standard InChI is InChI=1S/C31H41N7/c1-22(36-15-13-35(5)14-16-36)18-31(34-25(4)32)38-21-29-19-27(8-7-26(29)17-23(38)2)28-9-10-30(33-20-28)24(3)37-11-6-12-37/h7-10,18-20,23H,3-4,6,11-17,21,32H2,1-2,5H3/b22-18+,34-31+. The summed E-state index contributed by atoms with van der Waals surface area (Å²) in [5.74, 6) is 1.22.